The van der Waals surface area contributed by atoms with Crippen molar-refractivity contribution in [1.29, 1.82) is 10.5 Å². The maximum absolute atomic E-state index is 14.7. The second-order valence-corrected chi connectivity index (χ2v) is 6.52. The third-order valence-electron chi connectivity index (χ3n) is 4.06. The van der Waals surface area contributed by atoms with Crippen LogP contribution in [0.25, 0.3) is 0 Å². The lowest BCUT2D eigenvalue weighted by Gasteiger charge is -2.27. The molecule has 0 amide bonds. The summed E-state index contributed by atoms with van der Waals surface area (Å²) >= 11 is 2.80. The van der Waals surface area contributed by atoms with Crippen LogP contribution in [0.5, 0.6) is 0 Å². The molecule has 0 spiro atoms. The average Bonchev–Trinajstić information content (AvgIpc) is 2.60. The molecule has 0 saturated carbocycles. The number of pyridine rings is 1. The monoisotopic (exact) mass is 468 g/mol. The van der Waals surface area contributed by atoms with E-state index in [-0.39, 0.29) is 34.4 Å². The molecule has 13 heteroatoms. The van der Waals surface area contributed by atoms with Gasteiger partial charge in [-0.1, -0.05) is 0 Å². The molecule has 0 radical (unpaired) electrons. The summed E-state index contributed by atoms with van der Waals surface area (Å²) < 4.78 is 54.0. The van der Waals surface area contributed by atoms with Gasteiger partial charge in [0.1, 0.15) is 35.1 Å². The number of hydrogen-bond donors (Lipinski definition) is 4. The Morgan fingerprint density at radius 3 is 2.48 bits per heavy atom. The van der Waals surface area contributed by atoms with Crippen LogP contribution >= 0.6 is 15.9 Å². The van der Waals surface area contributed by atoms with E-state index in [4.69, 9.17) is 16.7 Å². The van der Waals surface area contributed by atoms with Gasteiger partial charge >= 0.3 is 6.18 Å². The van der Waals surface area contributed by atoms with E-state index in [0.717, 1.165) is 0 Å². The van der Waals surface area contributed by atoms with Crippen molar-refractivity contribution in [3.63, 3.8) is 0 Å². The van der Waals surface area contributed by atoms with Gasteiger partial charge in [-0.2, -0.15) is 23.7 Å². The minimum atomic E-state index is -4.78. The summed E-state index contributed by atoms with van der Waals surface area (Å²) in [6, 6.07) is 1.51. The highest BCUT2D eigenvalue weighted by Crippen LogP contribution is 2.46. The van der Waals surface area contributed by atoms with Crippen LogP contribution in [0, 0.1) is 28.6 Å². The Bertz CT molecular complexity index is 1130. The van der Waals surface area contributed by atoms with E-state index in [0.29, 0.717) is 12.1 Å². The number of nitriles is 2. The highest BCUT2D eigenvalue weighted by molar-refractivity contribution is 9.10. The Morgan fingerprint density at radius 1 is 1.21 bits per heavy atom. The first-order valence-electron chi connectivity index (χ1n) is 7.64. The van der Waals surface area contributed by atoms with E-state index >= 15 is 0 Å². The molecule has 1 aromatic heterocycles. The number of alkyl halides is 3. The van der Waals surface area contributed by atoms with Gasteiger partial charge < -0.3 is 16.8 Å². The molecule has 148 valence electrons. The van der Waals surface area contributed by atoms with Crippen LogP contribution in [-0.2, 0) is 6.18 Å². The highest BCUT2D eigenvalue weighted by Gasteiger charge is 2.38. The quantitative estimate of drug-likeness (QED) is 0.285. The van der Waals surface area contributed by atoms with E-state index < -0.39 is 33.6 Å². The molecule has 1 aliphatic heterocycles. The Balaban J connectivity index is 2.36. The predicted molar refractivity (Wildman–Crippen MR) is 98.5 cm³/mol. The standard InChI is InChI=1S/C16H9BrF4N8/c17-10-6(16(19,20)21)1-2-7(18)8(10)12-9-11(24)5(3-22)13(25)28-14(9)29-15(27-12)26-4-23/h1-2,12H,(H6,24,25,26,27,28,29). The van der Waals surface area contributed by atoms with Crippen LogP contribution in [0.4, 0.5) is 34.9 Å². The highest BCUT2D eigenvalue weighted by atomic mass is 79.9. The minimum Gasteiger partial charge on any atom is -0.397 e. The smallest absolute Gasteiger partial charge is 0.397 e. The largest absolute Gasteiger partial charge is 0.417 e. The summed E-state index contributed by atoms with van der Waals surface area (Å²) in [5, 5.41) is 22.9. The second kappa shape index (κ2) is 7.10. The van der Waals surface area contributed by atoms with Gasteiger partial charge in [0.15, 0.2) is 6.19 Å². The molecule has 1 atom stereocenters. The lowest BCUT2D eigenvalue weighted by atomic mass is 9.93. The fourth-order valence-electron chi connectivity index (χ4n) is 2.83. The third kappa shape index (κ3) is 3.36. The molecule has 8 nitrogen and oxygen atoms in total. The first kappa shape index (κ1) is 20.2. The predicted octanol–water partition coefficient (Wildman–Crippen LogP) is 2.98. The summed E-state index contributed by atoms with van der Waals surface area (Å²) in [6.07, 6.45) is -3.20. The zero-order valence-electron chi connectivity index (χ0n) is 14.1. The van der Waals surface area contributed by atoms with Gasteiger partial charge in [-0.05, 0) is 28.1 Å². The number of aromatic nitrogens is 1. The van der Waals surface area contributed by atoms with Crippen LogP contribution in [0.15, 0.2) is 21.6 Å². The maximum atomic E-state index is 14.7. The fraction of sp³-hybridized carbons (Fsp3) is 0.125. The van der Waals surface area contributed by atoms with E-state index in [1.54, 1.807) is 12.3 Å². The van der Waals surface area contributed by atoms with Crippen molar-refractivity contribution in [3.05, 3.63) is 44.7 Å². The van der Waals surface area contributed by atoms with Crippen molar-refractivity contribution in [2.24, 2.45) is 4.99 Å². The average molecular weight is 469 g/mol. The molecule has 2 heterocycles. The molecular weight excluding hydrogens is 460 g/mol. The Kier molecular flexibility index (Phi) is 4.94. The summed E-state index contributed by atoms with van der Waals surface area (Å²) in [6.45, 7) is 0. The molecule has 6 N–H and O–H groups in total. The SMILES string of the molecule is N#CNC1=NC(c2c(F)ccc(C(F)(F)F)c2Br)c2c(nc(N)c(C#N)c2N)N1. The van der Waals surface area contributed by atoms with Gasteiger partial charge in [0.2, 0.25) is 5.96 Å². The Labute approximate surface area is 169 Å². The van der Waals surface area contributed by atoms with Crippen molar-refractivity contribution in [1.82, 2.24) is 10.3 Å². The van der Waals surface area contributed by atoms with Gasteiger partial charge in [-0.3, -0.25) is 5.32 Å². The number of hydrogen-bond acceptors (Lipinski definition) is 8. The molecule has 3 rings (SSSR count). The van der Waals surface area contributed by atoms with Gasteiger partial charge in [0.05, 0.1) is 11.3 Å². The summed E-state index contributed by atoms with van der Waals surface area (Å²) in [7, 11) is 0. The number of nitrogens with one attached hydrogen (secondary N) is 2. The number of aliphatic imine (C=N–C) groups is 1. The Morgan fingerprint density at radius 2 is 1.90 bits per heavy atom. The zero-order chi connectivity index (χ0) is 21.5. The molecule has 1 aliphatic rings. The van der Waals surface area contributed by atoms with E-state index in [9.17, 15) is 22.8 Å². The zero-order valence-corrected chi connectivity index (χ0v) is 15.7. The van der Waals surface area contributed by atoms with Crippen LogP contribution in [-0.4, -0.2) is 10.9 Å². The fourth-order valence-corrected chi connectivity index (χ4v) is 3.59. The number of anilines is 3. The lowest BCUT2D eigenvalue weighted by Crippen LogP contribution is -2.33. The number of guanidine groups is 1. The van der Waals surface area contributed by atoms with Crippen molar-refractivity contribution in [3.8, 4) is 12.3 Å². The summed E-state index contributed by atoms with van der Waals surface area (Å²) in [5.74, 6) is -1.57. The normalized spacial score (nSPS) is 15.4. The molecular formula is C16H9BrF4N8. The number of rotatable bonds is 1. The van der Waals surface area contributed by atoms with Gasteiger partial charge in [0, 0.05) is 15.6 Å². The molecule has 1 unspecified atom stereocenters. The van der Waals surface area contributed by atoms with Crippen molar-refractivity contribution < 1.29 is 17.6 Å². The number of nitrogens with two attached hydrogens (primary N) is 2. The molecule has 1 aromatic carbocycles. The van der Waals surface area contributed by atoms with Gasteiger partial charge in [-0.25, -0.2) is 14.4 Å². The number of fused-ring (bicyclic) bond motifs is 1. The number of benzene rings is 1. The van der Waals surface area contributed by atoms with Crippen LogP contribution in [0.2, 0.25) is 0 Å². The van der Waals surface area contributed by atoms with Crippen LogP contribution < -0.4 is 22.1 Å². The minimum absolute atomic E-state index is 0.0573. The van der Waals surface area contributed by atoms with Gasteiger partial charge in [0.25, 0.3) is 0 Å². The second-order valence-electron chi connectivity index (χ2n) is 5.72. The molecule has 0 fully saturated rings. The maximum Gasteiger partial charge on any atom is 0.417 e. The van der Waals surface area contributed by atoms with Crippen molar-refractivity contribution in [2.75, 3.05) is 16.8 Å². The number of nitrogen functional groups attached to an aromatic ring is 2. The summed E-state index contributed by atoms with van der Waals surface area (Å²) in [4.78, 5) is 8.02. The first-order valence-corrected chi connectivity index (χ1v) is 8.43. The molecule has 29 heavy (non-hydrogen) atoms. The first-order chi connectivity index (χ1) is 13.6. The lowest BCUT2D eigenvalue weighted by molar-refractivity contribution is -0.138. The molecule has 0 aliphatic carbocycles. The van der Waals surface area contributed by atoms with Crippen LogP contribution in [0.3, 0.4) is 0 Å². The van der Waals surface area contributed by atoms with E-state index in [1.807, 2.05) is 0 Å². The van der Waals surface area contributed by atoms with Crippen molar-refractivity contribution >= 4 is 39.2 Å². The summed E-state index contributed by atoms with van der Waals surface area (Å²) in [5.41, 5.74) is 9.53. The number of halogens is 5. The molecule has 0 saturated heterocycles. The Hall–Kier alpha value is -3.58. The van der Waals surface area contributed by atoms with E-state index in [2.05, 4.69) is 36.5 Å². The van der Waals surface area contributed by atoms with Crippen LogP contribution in [0.1, 0.15) is 28.3 Å². The van der Waals surface area contributed by atoms with Crippen molar-refractivity contribution in [2.45, 2.75) is 12.2 Å². The van der Waals surface area contributed by atoms with Gasteiger partial charge in [-0.15, -0.1) is 0 Å². The third-order valence-corrected chi connectivity index (χ3v) is 4.92. The number of nitrogens with zero attached hydrogens (tertiary/aromatic N) is 4. The van der Waals surface area contributed by atoms with E-state index in [1.165, 1.54) is 0 Å². The molecule has 2 aromatic rings. The topological polar surface area (TPSA) is 149 Å². The molecule has 0 bridgehead atoms.